The van der Waals surface area contributed by atoms with Crippen molar-refractivity contribution in [2.45, 2.75) is 18.4 Å². The van der Waals surface area contributed by atoms with Crippen LogP contribution in [0.15, 0.2) is 6.07 Å². The van der Waals surface area contributed by atoms with Crippen molar-refractivity contribution in [2.75, 3.05) is 30.3 Å². The lowest BCUT2D eigenvalue weighted by Crippen LogP contribution is -2.57. The van der Waals surface area contributed by atoms with Gasteiger partial charge < -0.3 is 15.7 Å². The maximum absolute atomic E-state index is 11.2. The summed E-state index contributed by atoms with van der Waals surface area (Å²) in [6, 6.07) is 1.68. The van der Waals surface area contributed by atoms with Gasteiger partial charge in [0.25, 0.3) is 0 Å². The van der Waals surface area contributed by atoms with Crippen molar-refractivity contribution >= 4 is 29.2 Å². The second kappa shape index (κ2) is 4.12. The van der Waals surface area contributed by atoms with Crippen molar-refractivity contribution in [3.8, 4) is 0 Å². The summed E-state index contributed by atoms with van der Waals surface area (Å²) in [6.07, 6.45) is 0.931. The molecule has 3 rings (SSSR count). The number of aromatic nitrogens is 2. The standard InChI is InChI=1S/C11H14ClN5O2/c12-8-5-7(9(13)15-14-8)16-3-4-17(10(18)19)11(6-16)1-2-11/h5H,1-4,6H2,(H2,13,15)(H,18,19). The lowest BCUT2D eigenvalue weighted by atomic mass is 10.1. The summed E-state index contributed by atoms with van der Waals surface area (Å²) in [5, 5.41) is 17.0. The Labute approximate surface area is 115 Å². The number of nitrogen functional groups attached to an aromatic ring is 1. The number of nitrogens with two attached hydrogens (primary N) is 1. The second-order valence-electron chi connectivity index (χ2n) is 5.02. The van der Waals surface area contributed by atoms with E-state index in [0.717, 1.165) is 18.5 Å². The molecular weight excluding hydrogens is 270 g/mol. The third-order valence-corrected chi connectivity index (χ3v) is 4.01. The summed E-state index contributed by atoms with van der Waals surface area (Å²) in [5.41, 5.74) is 6.29. The summed E-state index contributed by atoms with van der Waals surface area (Å²) in [6.45, 7) is 1.68. The van der Waals surface area contributed by atoms with E-state index in [1.807, 2.05) is 4.90 Å². The van der Waals surface area contributed by atoms with Crippen LogP contribution in [-0.2, 0) is 0 Å². The highest BCUT2D eigenvalue weighted by molar-refractivity contribution is 6.29. The second-order valence-corrected chi connectivity index (χ2v) is 5.40. The van der Waals surface area contributed by atoms with Crippen LogP contribution in [-0.4, -0.2) is 51.5 Å². The van der Waals surface area contributed by atoms with E-state index in [0.29, 0.717) is 25.5 Å². The number of carboxylic acid groups (broad SMARTS) is 1. The number of carbonyl (C=O) groups is 1. The monoisotopic (exact) mass is 283 g/mol. The Kier molecular flexibility index (Phi) is 2.67. The molecule has 0 aromatic carbocycles. The smallest absolute Gasteiger partial charge is 0.407 e. The molecule has 1 spiro atoms. The first-order chi connectivity index (χ1) is 9.02. The molecule has 1 aromatic heterocycles. The molecule has 3 N–H and O–H groups in total. The average molecular weight is 284 g/mol. The Morgan fingerprint density at radius 2 is 2.16 bits per heavy atom. The Balaban J connectivity index is 1.85. The number of hydrogen-bond donors (Lipinski definition) is 2. The van der Waals surface area contributed by atoms with Gasteiger partial charge in [0.1, 0.15) is 0 Å². The number of hydrogen-bond acceptors (Lipinski definition) is 5. The SMILES string of the molecule is Nc1nnc(Cl)cc1N1CCN(C(=O)O)C2(CC2)C1. The predicted octanol–water partition coefficient (Wildman–Crippen LogP) is 1.04. The fourth-order valence-electron chi connectivity index (χ4n) is 2.68. The maximum Gasteiger partial charge on any atom is 0.407 e. The van der Waals surface area contributed by atoms with Gasteiger partial charge in [0, 0.05) is 25.7 Å². The highest BCUT2D eigenvalue weighted by Crippen LogP contribution is 2.45. The molecule has 0 bridgehead atoms. The van der Waals surface area contributed by atoms with Crippen molar-refractivity contribution < 1.29 is 9.90 Å². The molecule has 102 valence electrons. The fraction of sp³-hybridized carbons (Fsp3) is 0.545. The predicted molar refractivity (Wildman–Crippen MR) is 70.4 cm³/mol. The Bertz CT molecular complexity index is 534. The molecule has 0 atom stereocenters. The normalized spacial score (nSPS) is 20.7. The first-order valence-electron chi connectivity index (χ1n) is 6.06. The topological polar surface area (TPSA) is 95.6 Å². The van der Waals surface area contributed by atoms with E-state index >= 15 is 0 Å². The third-order valence-electron chi connectivity index (χ3n) is 3.82. The van der Waals surface area contributed by atoms with E-state index in [9.17, 15) is 9.90 Å². The lowest BCUT2D eigenvalue weighted by molar-refractivity contribution is 0.110. The Hall–Kier alpha value is -1.76. The van der Waals surface area contributed by atoms with Crippen LogP contribution in [0.1, 0.15) is 12.8 Å². The number of amides is 1. The Morgan fingerprint density at radius 3 is 2.79 bits per heavy atom. The molecule has 2 fully saturated rings. The van der Waals surface area contributed by atoms with Crippen LogP contribution in [0, 0.1) is 0 Å². The molecule has 1 aliphatic heterocycles. The van der Waals surface area contributed by atoms with Crippen molar-refractivity contribution in [3.63, 3.8) is 0 Å². The lowest BCUT2D eigenvalue weighted by Gasteiger charge is -2.41. The third kappa shape index (κ3) is 2.03. The minimum atomic E-state index is -0.851. The van der Waals surface area contributed by atoms with E-state index in [4.69, 9.17) is 17.3 Å². The van der Waals surface area contributed by atoms with Gasteiger partial charge in [-0.15, -0.1) is 10.2 Å². The molecule has 7 nitrogen and oxygen atoms in total. The molecule has 1 amide bonds. The van der Waals surface area contributed by atoms with Gasteiger partial charge in [0.05, 0.1) is 11.2 Å². The van der Waals surface area contributed by atoms with Gasteiger partial charge in [-0.05, 0) is 12.8 Å². The fourth-order valence-corrected chi connectivity index (χ4v) is 2.82. The zero-order valence-corrected chi connectivity index (χ0v) is 11.0. The van der Waals surface area contributed by atoms with Gasteiger partial charge in [0.15, 0.2) is 11.0 Å². The van der Waals surface area contributed by atoms with Crippen LogP contribution < -0.4 is 10.6 Å². The molecule has 0 radical (unpaired) electrons. The highest BCUT2D eigenvalue weighted by Gasteiger charge is 2.53. The zero-order chi connectivity index (χ0) is 13.6. The van der Waals surface area contributed by atoms with Gasteiger partial charge in [-0.2, -0.15) is 0 Å². The quantitative estimate of drug-likeness (QED) is 0.800. The van der Waals surface area contributed by atoms with Gasteiger partial charge >= 0.3 is 6.09 Å². The van der Waals surface area contributed by atoms with E-state index in [2.05, 4.69) is 10.2 Å². The van der Waals surface area contributed by atoms with Gasteiger partial charge in [-0.3, -0.25) is 4.90 Å². The summed E-state index contributed by atoms with van der Waals surface area (Å²) in [7, 11) is 0. The van der Waals surface area contributed by atoms with Crippen LogP contribution >= 0.6 is 11.6 Å². The Morgan fingerprint density at radius 1 is 1.42 bits per heavy atom. The molecule has 19 heavy (non-hydrogen) atoms. The molecule has 2 aliphatic rings. The van der Waals surface area contributed by atoms with Crippen LogP contribution in [0.2, 0.25) is 5.15 Å². The number of nitrogens with zero attached hydrogens (tertiary/aromatic N) is 4. The van der Waals surface area contributed by atoms with E-state index in [1.165, 1.54) is 4.90 Å². The maximum atomic E-state index is 11.2. The van der Waals surface area contributed by atoms with Crippen molar-refractivity contribution in [1.29, 1.82) is 0 Å². The minimum Gasteiger partial charge on any atom is -0.465 e. The number of halogens is 1. The summed E-state index contributed by atoms with van der Waals surface area (Å²) in [4.78, 5) is 14.8. The van der Waals surface area contributed by atoms with Crippen molar-refractivity contribution in [3.05, 3.63) is 11.2 Å². The largest absolute Gasteiger partial charge is 0.465 e. The summed E-state index contributed by atoms with van der Waals surface area (Å²) < 4.78 is 0. The van der Waals surface area contributed by atoms with Gasteiger partial charge in [-0.1, -0.05) is 11.6 Å². The van der Waals surface area contributed by atoms with Crippen LogP contribution in [0.3, 0.4) is 0 Å². The molecule has 1 saturated heterocycles. The van der Waals surface area contributed by atoms with Gasteiger partial charge in [0.2, 0.25) is 0 Å². The average Bonchev–Trinajstić information content (AvgIpc) is 3.11. The zero-order valence-electron chi connectivity index (χ0n) is 10.2. The van der Waals surface area contributed by atoms with Crippen molar-refractivity contribution in [1.82, 2.24) is 15.1 Å². The van der Waals surface area contributed by atoms with Gasteiger partial charge in [-0.25, -0.2) is 4.79 Å². The number of piperazine rings is 1. The van der Waals surface area contributed by atoms with Crippen molar-refractivity contribution in [2.24, 2.45) is 0 Å². The molecular formula is C11H14ClN5O2. The first-order valence-corrected chi connectivity index (χ1v) is 6.44. The highest BCUT2D eigenvalue weighted by atomic mass is 35.5. The molecule has 8 heteroatoms. The van der Waals surface area contributed by atoms with E-state index < -0.39 is 6.09 Å². The molecule has 1 aromatic rings. The number of rotatable bonds is 1. The van der Waals surface area contributed by atoms with E-state index in [1.54, 1.807) is 6.07 Å². The molecule has 2 heterocycles. The molecule has 0 unspecified atom stereocenters. The summed E-state index contributed by atoms with van der Waals surface area (Å²) in [5.74, 6) is 0.323. The molecule has 1 aliphatic carbocycles. The van der Waals surface area contributed by atoms with Crippen LogP contribution in [0.25, 0.3) is 0 Å². The van der Waals surface area contributed by atoms with Crippen LogP contribution in [0.5, 0.6) is 0 Å². The number of anilines is 2. The minimum absolute atomic E-state index is 0.258. The molecule has 1 saturated carbocycles. The first kappa shape index (κ1) is 12.3. The van der Waals surface area contributed by atoms with Crippen LogP contribution in [0.4, 0.5) is 16.3 Å². The summed E-state index contributed by atoms with van der Waals surface area (Å²) >= 11 is 5.84. The van der Waals surface area contributed by atoms with E-state index in [-0.39, 0.29) is 10.7 Å².